The Morgan fingerprint density at radius 1 is 1.03 bits per heavy atom. The summed E-state index contributed by atoms with van der Waals surface area (Å²) in [6.45, 7) is 0. The zero-order chi connectivity index (χ0) is 24.7. The quantitative estimate of drug-likeness (QED) is 0.413. The van der Waals surface area contributed by atoms with Gasteiger partial charge in [0, 0.05) is 11.1 Å². The molecule has 0 saturated carbocycles. The second-order valence-electron chi connectivity index (χ2n) is 7.27. The third kappa shape index (κ3) is 5.40. The Bertz CT molecular complexity index is 1110. The molecule has 1 amide bonds. The maximum Gasteiger partial charge on any atom is 0.241 e. The van der Waals surface area contributed by atoms with Crippen molar-refractivity contribution in [2.24, 2.45) is 5.73 Å². The molecule has 10 heteroatoms. The second kappa shape index (κ2) is 11.7. The van der Waals surface area contributed by atoms with Crippen molar-refractivity contribution in [3.63, 3.8) is 0 Å². The first kappa shape index (κ1) is 25.3. The van der Waals surface area contributed by atoms with E-state index in [1.807, 2.05) is 12.3 Å². The number of aromatic nitrogens is 1. The van der Waals surface area contributed by atoms with Crippen LogP contribution in [0.4, 0.5) is 5.69 Å². The maximum atomic E-state index is 12.6. The van der Waals surface area contributed by atoms with Crippen LogP contribution in [0.5, 0.6) is 23.0 Å². The summed E-state index contributed by atoms with van der Waals surface area (Å²) < 4.78 is 27.4. The van der Waals surface area contributed by atoms with Crippen molar-refractivity contribution in [1.82, 2.24) is 5.16 Å². The lowest BCUT2D eigenvalue weighted by atomic mass is 10.0. The molecule has 0 saturated heterocycles. The molecule has 3 N–H and O–H groups in total. The molecule has 0 fully saturated rings. The smallest absolute Gasteiger partial charge is 0.241 e. The molecule has 9 nitrogen and oxygen atoms in total. The number of anilines is 1. The van der Waals surface area contributed by atoms with E-state index in [0.29, 0.717) is 52.0 Å². The van der Waals surface area contributed by atoms with Crippen LogP contribution in [-0.4, -0.2) is 57.6 Å². The number of nitrogens with two attached hydrogens (primary N) is 1. The van der Waals surface area contributed by atoms with E-state index in [2.05, 4.69) is 10.5 Å². The molecule has 0 spiro atoms. The van der Waals surface area contributed by atoms with Crippen molar-refractivity contribution in [2.75, 3.05) is 45.8 Å². The van der Waals surface area contributed by atoms with Crippen molar-refractivity contribution in [1.29, 1.82) is 0 Å². The highest BCUT2D eigenvalue weighted by molar-refractivity contribution is 7.98. The first-order chi connectivity index (χ1) is 16.5. The van der Waals surface area contributed by atoms with Gasteiger partial charge < -0.3 is 34.5 Å². The van der Waals surface area contributed by atoms with Crippen molar-refractivity contribution in [3.05, 3.63) is 36.5 Å². The number of nitrogens with zero attached hydrogens (tertiary/aromatic N) is 1. The van der Waals surface area contributed by atoms with E-state index < -0.39 is 6.04 Å². The number of ether oxygens (including phenoxy) is 4. The molecule has 2 aromatic carbocycles. The number of thioether (sulfide) groups is 1. The molecule has 1 heterocycles. The van der Waals surface area contributed by atoms with Crippen LogP contribution in [0.1, 0.15) is 6.42 Å². The second-order valence-corrected chi connectivity index (χ2v) is 8.26. The van der Waals surface area contributed by atoms with Crippen LogP contribution in [0.15, 0.2) is 41.1 Å². The number of carbonyl (C=O) groups excluding carboxylic acids is 1. The Labute approximate surface area is 202 Å². The number of methoxy groups -OCH3 is 4. The number of rotatable bonds is 11. The molecule has 0 radical (unpaired) electrons. The number of hydrogen-bond acceptors (Lipinski definition) is 9. The maximum absolute atomic E-state index is 12.6. The Balaban J connectivity index is 2.00. The first-order valence-corrected chi connectivity index (χ1v) is 11.9. The highest BCUT2D eigenvalue weighted by Gasteiger charge is 2.21. The van der Waals surface area contributed by atoms with Gasteiger partial charge in [0.05, 0.1) is 46.4 Å². The fourth-order valence-electron chi connectivity index (χ4n) is 3.44. The van der Waals surface area contributed by atoms with Gasteiger partial charge in [0.1, 0.15) is 5.75 Å². The van der Waals surface area contributed by atoms with Crippen molar-refractivity contribution < 1.29 is 28.3 Å². The summed E-state index contributed by atoms with van der Waals surface area (Å²) in [6, 6.07) is 8.36. The van der Waals surface area contributed by atoms with Crippen LogP contribution >= 0.6 is 11.8 Å². The summed E-state index contributed by atoms with van der Waals surface area (Å²) in [5.74, 6) is 2.98. The first-order valence-electron chi connectivity index (χ1n) is 10.5. The highest BCUT2D eigenvalue weighted by Crippen LogP contribution is 2.44. The molecular weight excluding hydrogens is 458 g/mol. The summed E-state index contributed by atoms with van der Waals surface area (Å²) in [5, 5.41) is 6.87. The predicted molar refractivity (Wildman–Crippen MR) is 133 cm³/mol. The molecule has 0 aliphatic rings. The summed E-state index contributed by atoms with van der Waals surface area (Å²) in [4.78, 5) is 12.6. The summed E-state index contributed by atoms with van der Waals surface area (Å²) in [7, 11) is 6.18. The van der Waals surface area contributed by atoms with Crippen LogP contribution in [-0.2, 0) is 4.79 Å². The van der Waals surface area contributed by atoms with E-state index in [0.717, 1.165) is 11.3 Å². The van der Waals surface area contributed by atoms with E-state index in [-0.39, 0.29) is 5.91 Å². The molecule has 182 valence electrons. The molecular formula is C24H29N3O6S. The van der Waals surface area contributed by atoms with Crippen LogP contribution in [0, 0.1) is 0 Å². The van der Waals surface area contributed by atoms with E-state index in [9.17, 15) is 4.79 Å². The molecule has 1 atom stereocenters. The van der Waals surface area contributed by atoms with E-state index >= 15 is 0 Å². The summed E-state index contributed by atoms with van der Waals surface area (Å²) in [6.07, 6.45) is 4.16. The monoisotopic (exact) mass is 487 g/mol. The van der Waals surface area contributed by atoms with Crippen LogP contribution in [0.25, 0.3) is 22.5 Å². The number of benzene rings is 2. The SMILES string of the molecule is COc1ccc(-c2cnoc2-c2cc(OC)c(OC)c(OC)c2)cc1NC(=O)C(N)CCSC. The fourth-order valence-corrected chi connectivity index (χ4v) is 3.93. The van der Waals surface area contributed by atoms with Crippen molar-refractivity contribution >= 4 is 23.4 Å². The molecule has 1 unspecified atom stereocenters. The van der Waals surface area contributed by atoms with Gasteiger partial charge in [-0.3, -0.25) is 4.79 Å². The lowest BCUT2D eigenvalue weighted by Gasteiger charge is -2.16. The van der Waals surface area contributed by atoms with Gasteiger partial charge in [-0.25, -0.2) is 0 Å². The number of nitrogens with one attached hydrogen (secondary N) is 1. The minimum Gasteiger partial charge on any atom is -0.495 e. The van der Waals surface area contributed by atoms with Gasteiger partial charge in [0.2, 0.25) is 11.7 Å². The predicted octanol–water partition coefficient (Wildman–Crippen LogP) is 4.06. The van der Waals surface area contributed by atoms with Gasteiger partial charge in [-0.2, -0.15) is 11.8 Å². The van der Waals surface area contributed by atoms with Gasteiger partial charge >= 0.3 is 0 Å². The van der Waals surface area contributed by atoms with Crippen molar-refractivity contribution in [3.8, 4) is 45.4 Å². The minimum absolute atomic E-state index is 0.278. The summed E-state index contributed by atoms with van der Waals surface area (Å²) >= 11 is 1.64. The average molecular weight is 488 g/mol. The zero-order valence-electron chi connectivity index (χ0n) is 19.8. The van der Waals surface area contributed by atoms with E-state index in [4.69, 9.17) is 29.2 Å². The third-order valence-corrected chi connectivity index (χ3v) is 5.88. The number of carbonyl (C=O) groups is 1. The molecule has 0 aliphatic carbocycles. The third-order valence-electron chi connectivity index (χ3n) is 5.24. The van der Waals surface area contributed by atoms with Gasteiger partial charge in [0.25, 0.3) is 0 Å². The van der Waals surface area contributed by atoms with Crippen LogP contribution in [0.2, 0.25) is 0 Å². The number of hydrogen-bond donors (Lipinski definition) is 2. The number of amides is 1. The molecule has 0 aliphatic heterocycles. The Kier molecular flexibility index (Phi) is 8.67. The van der Waals surface area contributed by atoms with E-state index in [1.165, 1.54) is 0 Å². The molecule has 1 aromatic heterocycles. The Hall–Kier alpha value is -3.37. The topological polar surface area (TPSA) is 118 Å². The minimum atomic E-state index is -0.619. The Morgan fingerprint density at radius 3 is 2.29 bits per heavy atom. The zero-order valence-corrected chi connectivity index (χ0v) is 20.7. The van der Waals surface area contributed by atoms with Gasteiger partial charge in [-0.1, -0.05) is 11.2 Å². The van der Waals surface area contributed by atoms with Gasteiger partial charge in [0.15, 0.2) is 17.3 Å². The normalized spacial score (nSPS) is 11.6. The van der Waals surface area contributed by atoms with Gasteiger partial charge in [-0.15, -0.1) is 0 Å². The van der Waals surface area contributed by atoms with Crippen LogP contribution in [0.3, 0.4) is 0 Å². The van der Waals surface area contributed by atoms with E-state index in [1.54, 1.807) is 70.7 Å². The molecule has 3 aromatic rings. The highest BCUT2D eigenvalue weighted by atomic mass is 32.2. The van der Waals surface area contributed by atoms with Crippen molar-refractivity contribution in [2.45, 2.75) is 12.5 Å². The standard InChI is InChI=1S/C24H29N3O6S/c1-29-19-7-6-14(10-18(19)27-24(28)17(25)8-9-34-5)16-13-26-33-22(16)15-11-20(30-2)23(32-4)21(12-15)31-3/h6-7,10-13,17H,8-9,25H2,1-5H3,(H,27,28). The summed E-state index contributed by atoms with van der Waals surface area (Å²) in [5.41, 5.74) is 8.68. The lowest BCUT2D eigenvalue weighted by Crippen LogP contribution is -2.36. The molecule has 0 bridgehead atoms. The molecule has 34 heavy (non-hydrogen) atoms. The van der Waals surface area contributed by atoms with Gasteiger partial charge in [-0.05, 0) is 48.3 Å². The lowest BCUT2D eigenvalue weighted by molar-refractivity contribution is -0.117. The molecule has 3 rings (SSSR count). The average Bonchev–Trinajstić information content (AvgIpc) is 3.36. The largest absolute Gasteiger partial charge is 0.495 e. The fraction of sp³-hybridized carbons (Fsp3) is 0.333. The van der Waals surface area contributed by atoms with Crippen LogP contribution < -0.4 is 30.0 Å². The Morgan fingerprint density at radius 2 is 1.71 bits per heavy atom.